The van der Waals surface area contributed by atoms with E-state index < -0.39 is 11.5 Å². The Labute approximate surface area is 107 Å². The summed E-state index contributed by atoms with van der Waals surface area (Å²) in [7, 11) is 0. The van der Waals surface area contributed by atoms with Crippen LogP contribution >= 0.6 is 0 Å². The Morgan fingerprint density at radius 1 is 1.50 bits per heavy atom. The van der Waals surface area contributed by atoms with E-state index in [2.05, 4.69) is 6.07 Å². The lowest BCUT2D eigenvalue weighted by Gasteiger charge is -2.37. The molecule has 0 aliphatic heterocycles. The number of hydrogen-bond acceptors (Lipinski definition) is 3. The number of carboxylic acids is 1. The summed E-state index contributed by atoms with van der Waals surface area (Å²) in [6, 6.07) is 7.37. The fourth-order valence-electron chi connectivity index (χ4n) is 2.01. The monoisotopic (exact) mass is 246 g/mol. The molecular formula is C14H18N2O2. The molecule has 1 N–H and O–H groups in total. The first kappa shape index (κ1) is 14.0. The van der Waals surface area contributed by atoms with Crippen molar-refractivity contribution in [2.75, 3.05) is 11.4 Å². The molecule has 0 fully saturated rings. The zero-order valence-corrected chi connectivity index (χ0v) is 11.2. The largest absolute Gasteiger partial charge is 0.480 e. The first-order chi connectivity index (χ1) is 8.34. The number of hydrogen-bond donors (Lipinski definition) is 1. The van der Waals surface area contributed by atoms with Crippen LogP contribution in [-0.2, 0) is 4.79 Å². The minimum Gasteiger partial charge on any atom is -0.480 e. The molecule has 0 atom stereocenters. The number of rotatable bonds is 4. The standard InChI is InChI=1S/C14H18N2O2/c1-5-16(14(3,4)13(17)18)12-7-6-11(9-15)8-10(12)2/h6-8H,5H2,1-4H3,(H,17,18). The molecule has 0 aliphatic carbocycles. The molecule has 0 radical (unpaired) electrons. The molecule has 1 rings (SSSR count). The Hall–Kier alpha value is -2.02. The molecule has 4 nitrogen and oxygen atoms in total. The summed E-state index contributed by atoms with van der Waals surface area (Å²) in [5, 5.41) is 18.1. The molecule has 0 bridgehead atoms. The number of carbonyl (C=O) groups is 1. The van der Waals surface area contributed by atoms with Gasteiger partial charge in [0.05, 0.1) is 11.6 Å². The van der Waals surface area contributed by atoms with Crippen molar-refractivity contribution in [2.45, 2.75) is 33.2 Å². The molecule has 0 saturated heterocycles. The highest BCUT2D eigenvalue weighted by molar-refractivity contribution is 5.83. The minimum atomic E-state index is -0.979. The highest BCUT2D eigenvalue weighted by atomic mass is 16.4. The van der Waals surface area contributed by atoms with Crippen LogP contribution in [0.15, 0.2) is 18.2 Å². The lowest BCUT2D eigenvalue weighted by atomic mass is 9.99. The van der Waals surface area contributed by atoms with Crippen molar-refractivity contribution in [3.05, 3.63) is 29.3 Å². The van der Waals surface area contributed by atoms with Gasteiger partial charge in [-0.05, 0) is 51.5 Å². The highest BCUT2D eigenvalue weighted by Crippen LogP contribution is 2.28. The number of likely N-dealkylation sites (N-methyl/N-ethyl adjacent to an activating group) is 1. The molecular weight excluding hydrogens is 228 g/mol. The predicted molar refractivity (Wildman–Crippen MR) is 70.6 cm³/mol. The van der Waals surface area contributed by atoms with Gasteiger partial charge in [0.15, 0.2) is 0 Å². The summed E-state index contributed by atoms with van der Waals surface area (Å²) in [4.78, 5) is 13.2. The molecule has 18 heavy (non-hydrogen) atoms. The second-order valence-corrected chi connectivity index (χ2v) is 4.72. The number of nitrogens with zero attached hydrogens (tertiary/aromatic N) is 2. The van der Waals surface area contributed by atoms with Gasteiger partial charge in [-0.25, -0.2) is 4.79 Å². The quantitative estimate of drug-likeness (QED) is 0.886. The number of nitriles is 1. The third-order valence-corrected chi connectivity index (χ3v) is 3.13. The van der Waals surface area contributed by atoms with Crippen molar-refractivity contribution in [3.63, 3.8) is 0 Å². The van der Waals surface area contributed by atoms with E-state index in [4.69, 9.17) is 5.26 Å². The predicted octanol–water partition coefficient (Wildman–Crippen LogP) is 2.56. The van der Waals surface area contributed by atoms with Gasteiger partial charge in [-0.1, -0.05) is 0 Å². The van der Waals surface area contributed by atoms with Crippen molar-refractivity contribution >= 4 is 11.7 Å². The van der Waals surface area contributed by atoms with E-state index in [0.29, 0.717) is 12.1 Å². The molecule has 1 aromatic carbocycles. The Balaban J connectivity index is 3.27. The summed E-state index contributed by atoms with van der Waals surface area (Å²) in [6.45, 7) is 7.75. The number of benzene rings is 1. The van der Waals surface area contributed by atoms with Gasteiger partial charge in [-0.3, -0.25) is 0 Å². The van der Waals surface area contributed by atoms with Crippen molar-refractivity contribution in [1.82, 2.24) is 0 Å². The second-order valence-electron chi connectivity index (χ2n) is 4.72. The lowest BCUT2D eigenvalue weighted by Crippen LogP contribution is -2.50. The number of carboxylic acid groups (broad SMARTS) is 1. The van der Waals surface area contributed by atoms with Crippen LogP contribution in [0.4, 0.5) is 5.69 Å². The molecule has 0 spiro atoms. The molecule has 4 heteroatoms. The van der Waals surface area contributed by atoms with E-state index >= 15 is 0 Å². The smallest absolute Gasteiger partial charge is 0.328 e. The maximum Gasteiger partial charge on any atom is 0.328 e. The van der Waals surface area contributed by atoms with Crippen molar-refractivity contribution < 1.29 is 9.90 Å². The van der Waals surface area contributed by atoms with Crippen molar-refractivity contribution in [2.24, 2.45) is 0 Å². The van der Waals surface area contributed by atoms with Gasteiger partial charge in [-0.2, -0.15) is 5.26 Å². The molecule has 0 aromatic heterocycles. The Morgan fingerprint density at radius 2 is 2.11 bits per heavy atom. The number of aryl methyl sites for hydroxylation is 1. The summed E-state index contributed by atoms with van der Waals surface area (Å²) in [5.41, 5.74) is 1.36. The summed E-state index contributed by atoms with van der Waals surface area (Å²) >= 11 is 0. The van der Waals surface area contributed by atoms with E-state index in [1.165, 1.54) is 0 Å². The van der Waals surface area contributed by atoms with Crippen LogP contribution in [0.25, 0.3) is 0 Å². The molecule has 96 valence electrons. The van der Waals surface area contributed by atoms with Gasteiger partial charge < -0.3 is 10.0 Å². The van der Waals surface area contributed by atoms with Gasteiger partial charge in [0.1, 0.15) is 5.54 Å². The maximum atomic E-state index is 11.3. The van der Waals surface area contributed by atoms with E-state index in [-0.39, 0.29) is 0 Å². The fourth-order valence-corrected chi connectivity index (χ4v) is 2.01. The zero-order valence-electron chi connectivity index (χ0n) is 11.2. The van der Waals surface area contributed by atoms with E-state index in [0.717, 1.165) is 11.3 Å². The van der Waals surface area contributed by atoms with Gasteiger partial charge in [0.2, 0.25) is 0 Å². The average Bonchev–Trinajstić information content (AvgIpc) is 2.31. The maximum absolute atomic E-state index is 11.3. The van der Waals surface area contributed by atoms with Gasteiger partial charge in [0.25, 0.3) is 0 Å². The first-order valence-corrected chi connectivity index (χ1v) is 5.86. The SMILES string of the molecule is CCN(c1ccc(C#N)cc1C)C(C)(C)C(=O)O. The van der Waals surface area contributed by atoms with Gasteiger partial charge >= 0.3 is 5.97 Å². The normalized spacial score (nSPS) is 10.8. The zero-order chi connectivity index (χ0) is 13.9. The van der Waals surface area contributed by atoms with Crippen molar-refractivity contribution in [1.29, 1.82) is 5.26 Å². The Bertz CT molecular complexity index is 501. The van der Waals surface area contributed by atoms with Crippen LogP contribution in [0.5, 0.6) is 0 Å². The fraction of sp³-hybridized carbons (Fsp3) is 0.429. The van der Waals surface area contributed by atoms with E-state index in [1.54, 1.807) is 26.0 Å². The topological polar surface area (TPSA) is 64.3 Å². The number of aliphatic carboxylic acids is 1. The first-order valence-electron chi connectivity index (χ1n) is 5.86. The molecule has 0 amide bonds. The van der Waals surface area contributed by atoms with E-state index in [1.807, 2.05) is 24.8 Å². The van der Waals surface area contributed by atoms with Crippen LogP contribution in [0.3, 0.4) is 0 Å². The molecule has 0 heterocycles. The van der Waals surface area contributed by atoms with Crippen LogP contribution in [0.1, 0.15) is 31.9 Å². The van der Waals surface area contributed by atoms with E-state index in [9.17, 15) is 9.90 Å². The highest BCUT2D eigenvalue weighted by Gasteiger charge is 2.34. The van der Waals surface area contributed by atoms with Gasteiger partial charge in [-0.15, -0.1) is 0 Å². The minimum absolute atomic E-state index is 0.584. The van der Waals surface area contributed by atoms with Crippen LogP contribution in [0, 0.1) is 18.3 Å². The lowest BCUT2D eigenvalue weighted by molar-refractivity contribution is -0.142. The third-order valence-electron chi connectivity index (χ3n) is 3.13. The van der Waals surface area contributed by atoms with Crippen LogP contribution in [0.2, 0.25) is 0 Å². The molecule has 0 saturated carbocycles. The summed E-state index contributed by atoms with van der Waals surface area (Å²) < 4.78 is 0. The second kappa shape index (κ2) is 5.09. The Morgan fingerprint density at radius 3 is 2.50 bits per heavy atom. The van der Waals surface area contributed by atoms with Crippen LogP contribution < -0.4 is 4.90 Å². The molecule has 0 unspecified atom stereocenters. The average molecular weight is 246 g/mol. The molecule has 0 aliphatic rings. The van der Waals surface area contributed by atoms with Crippen molar-refractivity contribution in [3.8, 4) is 6.07 Å². The van der Waals surface area contributed by atoms with Gasteiger partial charge in [0, 0.05) is 12.2 Å². The Kier molecular flexibility index (Phi) is 3.97. The third kappa shape index (κ3) is 2.45. The van der Waals surface area contributed by atoms with Crippen LogP contribution in [-0.4, -0.2) is 23.2 Å². The number of anilines is 1. The summed E-state index contributed by atoms with van der Waals surface area (Å²) in [6.07, 6.45) is 0. The summed E-state index contributed by atoms with van der Waals surface area (Å²) in [5.74, 6) is -0.867. The molecule has 1 aromatic rings.